The van der Waals surface area contributed by atoms with Crippen molar-refractivity contribution in [3.05, 3.63) is 22.2 Å². The lowest BCUT2D eigenvalue weighted by atomic mass is 10.1. The number of halogens is 1. The summed E-state index contributed by atoms with van der Waals surface area (Å²) in [6.07, 6.45) is 0. The average Bonchev–Trinajstić information content (AvgIpc) is 3.04. The number of fused-ring (bicyclic) bond motifs is 2. The Kier molecular flexibility index (Phi) is 4.20. The lowest BCUT2D eigenvalue weighted by molar-refractivity contribution is -0.639. The van der Waals surface area contributed by atoms with Crippen molar-refractivity contribution < 1.29 is 18.8 Å². The smallest absolute Gasteiger partial charge is 0.294 e. The molecule has 2 aromatic heterocycles. The molecule has 26 heavy (non-hydrogen) atoms. The Hall–Kier alpha value is -2.39. The quantitative estimate of drug-likeness (QED) is 0.598. The predicted molar refractivity (Wildman–Crippen MR) is 99.1 cm³/mol. The van der Waals surface area contributed by atoms with Gasteiger partial charge in [-0.2, -0.15) is 4.57 Å². The summed E-state index contributed by atoms with van der Waals surface area (Å²) >= 11 is 1.15. The van der Waals surface area contributed by atoms with E-state index in [1.807, 2.05) is 16.4 Å². The number of nitrogens with one attached hydrogen (secondary N) is 2. The van der Waals surface area contributed by atoms with Gasteiger partial charge in [-0.3, -0.25) is 9.17 Å². The van der Waals surface area contributed by atoms with Gasteiger partial charge in [0.25, 0.3) is 15.9 Å². The summed E-state index contributed by atoms with van der Waals surface area (Å²) in [5.74, 6) is -0.312. The third kappa shape index (κ3) is 2.34. The van der Waals surface area contributed by atoms with Crippen LogP contribution in [0.15, 0.2) is 10.9 Å². The summed E-state index contributed by atoms with van der Waals surface area (Å²) in [6.45, 7) is 5.33. The van der Waals surface area contributed by atoms with E-state index in [0.29, 0.717) is 41.4 Å². The number of pyridine rings is 1. The molecule has 0 bridgehead atoms. The molecule has 3 aromatic rings. The SMILES string of the molecule is CC[n+]1c2s[nH]c(=O)c2c(O)c2cc(F)c(N3CCNCC3)c(OC)c21. The number of benzene rings is 1. The number of rotatable bonds is 3. The highest BCUT2D eigenvalue weighted by atomic mass is 32.1. The number of hydrogen-bond acceptors (Lipinski definition) is 6. The van der Waals surface area contributed by atoms with Crippen LogP contribution in [-0.4, -0.2) is 42.8 Å². The fraction of sp³-hybridized carbons (Fsp3) is 0.412. The highest BCUT2D eigenvalue weighted by Crippen LogP contribution is 2.42. The van der Waals surface area contributed by atoms with Crippen molar-refractivity contribution in [3.63, 3.8) is 0 Å². The van der Waals surface area contributed by atoms with Crippen LogP contribution in [0.4, 0.5) is 10.1 Å². The number of methoxy groups -OCH3 is 1. The van der Waals surface area contributed by atoms with Crippen molar-refractivity contribution in [1.82, 2.24) is 9.69 Å². The first-order valence-corrected chi connectivity index (χ1v) is 9.31. The monoisotopic (exact) mass is 379 g/mol. The number of nitrogens with zero attached hydrogens (tertiary/aromatic N) is 2. The van der Waals surface area contributed by atoms with Crippen LogP contribution in [-0.2, 0) is 6.54 Å². The van der Waals surface area contributed by atoms with E-state index in [-0.39, 0.29) is 22.1 Å². The molecule has 0 radical (unpaired) electrons. The summed E-state index contributed by atoms with van der Waals surface area (Å²) < 4.78 is 25.2. The summed E-state index contributed by atoms with van der Waals surface area (Å²) in [4.78, 5) is 14.7. The fourth-order valence-corrected chi connectivity index (χ4v) is 4.58. The number of hydrogen-bond donors (Lipinski definition) is 3. The number of H-pyrrole nitrogens is 1. The first-order chi connectivity index (χ1) is 12.6. The lowest BCUT2D eigenvalue weighted by Crippen LogP contribution is -2.44. The summed E-state index contributed by atoms with van der Waals surface area (Å²) in [6, 6.07) is 1.30. The Morgan fingerprint density at radius 1 is 1.42 bits per heavy atom. The van der Waals surface area contributed by atoms with Gasteiger partial charge in [-0.1, -0.05) is 0 Å². The molecule has 1 aliphatic rings. The Morgan fingerprint density at radius 2 is 2.15 bits per heavy atom. The minimum atomic E-state index is -0.472. The highest BCUT2D eigenvalue weighted by molar-refractivity contribution is 7.12. The third-order valence-electron chi connectivity index (χ3n) is 4.82. The number of anilines is 1. The van der Waals surface area contributed by atoms with Crippen LogP contribution in [0.2, 0.25) is 0 Å². The van der Waals surface area contributed by atoms with Gasteiger partial charge < -0.3 is 20.1 Å². The van der Waals surface area contributed by atoms with Crippen molar-refractivity contribution in [2.75, 3.05) is 38.2 Å². The second-order valence-electron chi connectivity index (χ2n) is 6.18. The van der Waals surface area contributed by atoms with E-state index < -0.39 is 5.82 Å². The van der Waals surface area contributed by atoms with Gasteiger partial charge in [-0.05, 0) is 13.0 Å². The second kappa shape index (κ2) is 6.40. The van der Waals surface area contributed by atoms with E-state index in [0.717, 1.165) is 24.6 Å². The third-order valence-corrected chi connectivity index (χ3v) is 5.73. The van der Waals surface area contributed by atoms with Crippen molar-refractivity contribution in [3.8, 4) is 11.5 Å². The van der Waals surface area contributed by atoms with E-state index in [4.69, 9.17) is 4.74 Å². The van der Waals surface area contributed by atoms with Crippen LogP contribution >= 0.6 is 11.5 Å². The van der Waals surface area contributed by atoms with Gasteiger partial charge in [0.1, 0.15) is 18.0 Å². The van der Waals surface area contributed by atoms with Gasteiger partial charge in [-0.15, -0.1) is 0 Å². The second-order valence-corrected chi connectivity index (χ2v) is 6.97. The molecule has 0 aliphatic carbocycles. The van der Waals surface area contributed by atoms with E-state index in [9.17, 15) is 9.90 Å². The summed E-state index contributed by atoms with van der Waals surface area (Å²) in [7, 11) is 1.50. The first kappa shape index (κ1) is 17.0. The van der Waals surface area contributed by atoms with Gasteiger partial charge in [0.2, 0.25) is 5.75 Å². The molecule has 0 amide bonds. The number of aromatic hydroxyl groups is 1. The van der Waals surface area contributed by atoms with Crippen LogP contribution < -0.4 is 25.1 Å². The first-order valence-electron chi connectivity index (χ1n) is 8.50. The van der Waals surface area contributed by atoms with Gasteiger partial charge >= 0.3 is 0 Å². The maximum Gasteiger partial charge on any atom is 0.294 e. The maximum absolute atomic E-state index is 15.0. The Balaban J connectivity index is 2.15. The Bertz CT molecular complexity index is 1060. The summed E-state index contributed by atoms with van der Waals surface area (Å²) in [5.41, 5.74) is 0.604. The normalized spacial score (nSPS) is 15.1. The van der Waals surface area contributed by atoms with E-state index in [1.54, 1.807) is 0 Å². The zero-order valence-corrected chi connectivity index (χ0v) is 15.4. The van der Waals surface area contributed by atoms with Crippen LogP contribution in [0.5, 0.6) is 11.5 Å². The number of ether oxygens (including phenoxy) is 1. The van der Waals surface area contributed by atoms with Crippen molar-refractivity contribution >= 4 is 38.3 Å². The fourth-order valence-electron chi connectivity index (χ4n) is 3.66. The van der Waals surface area contributed by atoms with Crippen LogP contribution in [0, 0.1) is 5.82 Å². The zero-order valence-electron chi connectivity index (χ0n) is 14.6. The molecule has 3 heterocycles. The molecule has 0 saturated carbocycles. The number of piperazine rings is 1. The van der Waals surface area contributed by atoms with Crippen molar-refractivity contribution in [2.45, 2.75) is 13.5 Å². The van der Waals surface area contributed by atoms with E-state index >= 15 is 4.39 Å². The van der Waals surface area contributed by atoms with Crippen LogP contribution in [0.1, 0.15) is 6.92 Å². The van der Waals surface area contributed by atoms with Gasteiger partial charge in [0, 0.05) is 37.7 Å². The number of aryl methyl sites for hydroxylation is 1. The van der Waals surface area contributed by atoms with Gasteiger partial charge in [0.15, 0.2) is 11.2 Å². The minimum absolute atomic E-state index is 0.181. The van der Waals surface area contributed by atoms with Crippen LogP contribution in [0.25, 0.3) is 21.1 Å². The molecule has 0 unspecified atom stereocenters. The Morgan fingerprint density at radius 3 is 2.81 bits per heavy atom. The van der Waals surface area contributed by atoms with Crippen molar-refractivity contribution in [1.29, 1.82) is 0 Å². The molecule has 0 spiro atoms. The van der Waals surface area contributed by atoms with E-state index in [1.165, 1.54) is 13.2 Å². The number of aromatic amines is 1. The van der Waals surface area contributed by atoms with Crippen molar-refractivity contribution in [2.24, 2.45) is 0 Å². The topological polar surface area (TPSA) is 81.5 Å². The standard InChI is InChI=1S/C17H19FN4O3S/c1-3-22-12-9(14(23)11-16(24)20-26-17(11)22)8-10(18)13(15(12)25-2)21-6-4-19-5-7-21/h8,19H,3-7H2,1-2H3,(H,20,24)/p+1. The Labute approximate surface area is 152 Å². The molecule has 1 fully saturated rings. The molecule has 138 valence electrons. The van der Waals surface area contributed by atoms with Crippen LogP contribution in [0.3, 0.4) is 0 Å². The molecule has 0 atom stereocenters. The predicted octanol–water partition coefficient (Wildman–Crippen LogP) is 1.31. The maximum atomic E-state index is 15.0. The largest absolute Gasteiger partial charge is 0.506 e. The van der Waals surface area contributed by atoms with E-state index in [2.05, 4.69) is 9.69 Å². The zero-order chi connectivity index (χ0) is 18.4. The molecule has 1 saturated heterocycles. The molecule has 1 aliphatic heterocycles. The molecule has 3 N–H and O–H groups in total. The highest BCUT2D eigenvalue weighted by Gasteiger charge is 2.32. The average molecular weight is 379 g/mol. The van der Waals surface area contributed by atoms with Gasteiger partial charge in [-0.25, -0.2) is 4.39 Å². The molecular formula is C17H20FN4O3S+. The molecule has 4 rings (SSSR count). The molecule has 7 nitrogen and oxygen atoms in total. The molecular weight excluding hydrogens is 359 g/mol. The molecule has 1 aromatic carbocycles. The van der Waals surface area contributed by atoms with Gasteiger partial charge in [0.05, 0.1) is 12.5 Å². The summed E-state index contributed by atoms with van der Waals surface area (Å²) in [5, 5.41) is 14.4. The minimum Gasteiger partial charge on any atom is -0.506 e. The lowest BCUT2D eigenvalue weighted by Gasteiger charge is -2.30. The molecule has 9 heteroatoms. The number of aromatic nitrogens is 2.